The molecule has 3 nitrogen and oxygen atoms in total. The lowest BCUT2D eigenvalue weighted by atomic mass is 9.82. The Hall–Kier alpha value is -1.35. The molecule has 1 aromatic rings. The Balaban J connectivity index is 2.25. The van der Waals surface area contributed by atoms with Gasteiger partial charge in [0.15, 0.2) is 0 Å². The predicted molar refractivity (Wildman–Crippen MR) is 57.3 cm³/mol. The topological polar surface area (TPSA) is 38.3 Å². The third kappa shape index (κ3) is 2.02. The Bertz CT molecular complexity index is 362. The van der Waals surface area contributed by atoms with Crippen LogP contribution >= 0.6 is 0 Å². The largest absolute Gasteiger partial charge is 0.277 e. The second-order valence-corrected chi connectivity index (χ2v) is 3.81. The number of hydrogen-bond acceptors (Lipinski definition) is 2. The van der Waals surface area contributed by atoms with E-state index in [0.717, 1.165) is 24.8 Å². The van der Waals surface area contributed by atoms with Gasteiger partial charge in [-0.25, -0.2) is 5.48 Å². The predicted octanol–water partition coefficient (Wildman–Crippen LogP) is 1.78. The molecule has 0 heterocycles. The van der Waals surface area contributed by atoms with Crippen molar-refractivity contribution in [2.75, 3.05) is 7.11 Å². The van der Waals surface area contributed by atoms with Crippen molar-refractivity contribution in [3.05, 3.63) is 35.4 Å². The lowest BCUT2D eigenvalue weighted by molar-refractivity contribution is -0.133. The van der Waals surface area contributed by atoms with Gasteiger partial charge in [0, 0.05) is 0 Å². The Labute approximate surface area is 89.4 Å². The van der Waals surface area contributed by atoms with Crippen LogP contribution < -0.4 is 5.48 Å². The van der Waals surface area contributed by atoms with Crippen LogP contribution in [-0.4, -0.2) is 13.0 Å². The van der Waals surface area contributed by atoms with Crippen LogP contribution in [-0.2, 0) is 16.1 Å². The highest BCUT2D eigenvalue weighted by molar-refractivity contribution is 5.83. The average molecular weight is 205 g/mol. The Morgan fingerprint density at radius 2 is 2.27 bits per heavy atom. The minimum absolute atomic E-state index is 0.0374. The van der Waals surface area contributed by atoms with Gasteiger partial charge in [-0.1, -0.05) is 24.3 Å². The van der Waals surface area contributed by atoms with Gasteiger partial charge in [0.25, 0.3) is 5.91 Å². The molecule has 2 rings (SSSR count). The second kappa shape index (κ2) is 4.45. The molecular weight excluding hydrogens is 190 g/mol. The molecule has 1 unspecified atom stereocenters. The molecule has 1 atom stereocenters. The number of hydroxylamine groups is 1. The Morgan fingerprint density at radius 3 is 3.07 bits per heavy atom. The van der Waals surface area contributed by atoms with Crippen LogP contribution in [0, 0.1) is 0 Å². The molecule has 0 aliphatic heterocycles. The van der Waals surface area contributed by atoms with E-state index in [1.165, 1.54) is 12.7 Å². The average Bonchev–Trinajstić information content (AvgIpc) is 2.28. The van der Waals surface area contributed by atoms with E-state index in [0.29, 0.717) is 0 Å². The zero-order valence-corrected chi connectivity index (χ0v) is 8.82. The molecular formula is C12H15NO2. The number of nitrogens with one attached hydrogen (secondary N) is 1. The molecule has 80 valence electrons. The van der Waals surface area contributed by atoms with E-state index < -0.39 is 0 Å². The SMILES string of the molecule is CONC(=O)C1CCCc2ccccc21. The summed E-state index contributed by atoms with van der Waals surface area (Å²) in [5.41, 5.74) is 4.86. The fourth-order valence-corrected chi connectivity index (χ4v) is 2.20. The van der Waals surface area contributed by atoms with E-state index >= 15 is 0 Å². The first-order chi connectivity index (χ1) is 7.33. The monoisotopic (exact) mass is 205 g/mol. The van der Waals surface area contributed by atoms with Gasteiger partial charge in [-0.3, -0.25) is 9.63 Å². The number of benzene rings is 1. The van der Waals surface area contributed by atoms with Gasteiger partial charge in [0.05, 0.1) is 13.0 Å². The van der Waals surface area contributed by atoms with Gasteiger partial charge in [0.1, 0.15) is 0 Å². The Kier molecular flexibility index (Phi) is 3.02. The molecule has 0 aromatic heterocycles. The number of amides is 1. The number of carbonyl (C=O) groups is 1. The van der Waals surface area contributed by atoms with Crippen LogP contribution in [0.15, 0.2) is 24.3 Å². The number of hydrogen-bond donors (Lipinski definition) is 1. The van der Waals surface area contributed by atoms with Crippen molar-refractivity contribution < 1.29 is 9.63 Å². The summed E-state index contributed by atoms with van der Waals surface area (Å²) in [5.74, 6) is -0.0838. The van der Waals surface area contributed by atoms with Crippen LogP contribution in [0.4, 0.5) is 0 Å². The van der Waals surface area contributed by atoms with Crippen LogP contribution in [0.1, 0.15) is 29.9 Å². The van der Waals surface area contributed by atoms with Crippen LogP contribution in [0.2, 0.25) is 0 Å². The summed E-state index contributed by atoms with van der Waals surface area (Å²) in [6.45, 7) is 0. The molecule has 0 bridgehead atoms. The number of aryl methyl sites for hydroxylation is 1. The molecule has 1 aromatic carbocycles. The van der Waals surface area contributed by atoms with Crippen molar-refractivity contribution in [3.8, 4) is 0 Å². The van der Waals surface area contributed by atoms with Gasteiger partial charge >= 0.3 is 0 Å². The third-order valence-corrected chi connectivity index (χ3v) is 2.89. The summed E-state index contributed by atoms with van der Waals surface area (Å²) in [7, 11) is 1.46. The highest BCUT2D eigenvalue weighted by atomic mass is 16.6. The minimum Gasteiger partial charge on any atom is -0.277 e. The van der Waals surface area contributed by atoms with Gasteiger partial charge in [-0.2, -0.15) is 0 Å². The van der Waals surface area contributed by atoms with Crippen molar-refractivity contribution >= 4 is 5.91 Å². The molecule has 0 fully saturated rings. The fraction of sp³-hybridized carbons (Fsp3) is 0.417. The first-order valence-electron chi connectivity index (χ1n) is 5.23. The third-order valence-electron chi connectivity index (χ3n) is 2.89. The summed E-state index contributed by atoms with van der Waals surface area (Å²) in [6, 6.07) is 8.14. The summed E-state index contributed by atoms with van der Waals surface area (Å²) >= 11 is 0. The van der Waals surface area contributed by atoms with E-state index in [-0.39, 0.29) is 11.8 Å². The Morgan fingerprint density at radius 1 is 1.47 bits per heavy atom. The van der Waals surface area contributed by atoms with Gasteiger partial charge < -0.3 is 0 Å². The molecule has 0 saturated carbocycles. The number of rotatable bonds is 2. The standard InChI is InChI=1S/C12H15NO2/c1-15-13-12(14)11-8-4-6-9-5-2-3-7-10(9)11/h2-3,5,7,11H,4,6,8H2,1H3,(H,13,14). The molecule has 3 heteroatoms. The first-order valence-corrected chi connectivity index (χ1v) is 5.23. The van der Waals surface area contributed by atoms with E-state index in [9.17, 15) is 4.79 Å². The quantitative estimate of drug-likeness (QED) is 0.747. The van der Waals surface area contributed by atoms with Gasteiger partial charge in [0.2, 0.25) is 0 Å². The molecule has 15 heavy (non-hydrogen) atoms. The maximum Gasteiger partial charge on any atom is 0.251 e. The normalized spacial score (nSPS) is 19.4. The molecule has 0 spiro atoms. The zero-order chi connectivity index (χ0) is 10.7. The maximum atomic E-state index is 11.7. The van der Waals surface area contributed by atoms with Crippen molar-refractivity contribution in [2.24, 2.45) is 0 Å². The lowest BCUT2D eigenvalue weighted by Crippen LogP contribution is -2.30. The van der Waals surface area contributed by atoms with E-state index in [4.69, 9.17) is 0 Å². The summed E-state index contributed by atoms with van der Waals surface area (Å²) in [4.78, 5) is 16.4. The molecule has 1 aliphatic rings. The fourth-order valence-electron chi connectivity index (χ4n) is 2.20. The first kappa shape index (κ1) is 10.2. The highest BCUT2D eigenvalue weighted by Crippen LogP contribution is 2.31. The van der Waals surface area contributed by atoms with E-state index in [1.807, 2.05) is 18.2 Å². The molecule has 1 amide bonds. The van der Waals surface area contributed by atoms with Crippen molar-refractivity contribution in [1.29, 1.82) is 0 Å². The summed E-state index contributed by atoms with van der Waals surface area (Å²) < 4.78 is 0. The van der Waals surface area contributed by atoms with Crippen molar-refractivity contribution in [3.63, 3.8) is 0 Å². The van der Waals surface area contributed by atoms with E-state index in [2.05, 4.69) is 16.4 Å². The van der Waals surface area contributed by atoms with Crippen molar-refractivity contribution in [1.82, 2.24) is 5.48 Å². The molecule has 1 aliphatic carbocycles. The van der Waals surface area contributed by atoms with Gasteiger partial charge in [-0.15, -0.1) is 0 Å². The number of fused-ring (bicyclic) bond motifs is 1. The summed E-state index contributed by atoms with van der Waals surface area (Å²) in [5, 5.41) is 0. The smallest absolute Gasteiger partial charge is 0.251 e. The zero-order valence-electron chi connectivity index (χ0n) is 8.82. The number of carbonyl (C=O) groups excluding carboxylic acids is 1. The lowest BCUT2D eigenvalue weighted by Gasteiger charge is -2.23. The minimum atomic E-state index is -0.0464. The maximum absolute atomic E-state index is 11.7. The molecule has 0 saturated heterocycles. The van der Waals surface area contributed by atoms with Crippen LogP contribution in [0.5, 0.6) is 0 Å². The van der Waals surface area contributed by atoms with Crippen LogP contribution in [0.25, 0.3) is 0 Å². The molecule has 1 N–H and O–H groups in total. The molecule has 0 radical (unpaired) electrons. The van der Waals surface area contributed by atoms with Crippen LogP contribution in [0.3, 0.4) is 0 Å². The van der Waals surface area contributed by atoms with Gasteiger partial charge in [-0.05, 0) is 30.4 Å². The highest BCUT2D eigenvalue weighted by Gasteiger charge is 2.25. The summed E-state index contributed by atoms with van der Waals surface area (Å²) in [6.07, 6.45) is 3.05. The van der Waals surface area contributed by atoms with Crippen molar-refractivity contribution in [2.45, 2.75) is 25.2 Å². The van der Waals surface area contributed by atoms with E-state index in [1.54, 1.807) is 0 Å². The second-order valence-electron chi connectivity index (χ2n) is 3.81.